The van der Waals surface area contributed by atoms with Gasteiger partial charge in [0, 0.05) is 0 Å². The van der Waals surface area contributed by atoms with Gasteiger partial charge in [0.25, 0.3) is 0 Å². The van der Waals surface area contributed by atoms with Crippen molar-refractivity contribution in [3.05, 3.63) is 33.8 Å². The Morgan fingerprint density at radius 3 is 2.47 bits per heavy atom. The summed E-state index contributed by atoms with van der Waals surface area (Å²) in [6.07, 6.45) is 4.59. The topological polar surface area (TPSA) is 0 Å². The molecule has 0 aromatic heterocycles. The third kappa shape index (κ3) is 4.22. The molecular formula is C12H15Cl3. The second-order valence-electron chi connectivity index (χ2n) is 3.64. The standard InChI is InChI=1S/C12H15Cl3/c1-2-3-4-5-10(13)9-6-7-11(14)12(15)8-9/h6-8,10H,2-5H2,1H3. The Bertz CT molecular complexity index is 310. The molecule has 0 bridgehead atoms. The lowest BCUT2D eigenvalue weighted by Crippen LogP contribution is -1.91. The molecule has 0 heterocycles. The van der Waals surface area contributed by atoms with E-state index >= 15 is 0 Å². The second kappa shape index (κ2) is 6.62. The van der Waals surface area contributed by atoms with Crippen molar-refractivity contribution in [2.24, 2.45) is 0 Å². The molecule has 0 saturated carbocycles. The van der Waals surface area contributed by atoms with Gasteiger partial charge < -0.3 is 0 Å². The molecule has 0 aliphatic heterocycles. The van der Waals surface area contributed by atoms with E-state index in [4.69, 9.17) is 34.8 Å². The molecule has 15 heavy (non-hydrogen) atoms. The quantitative estimate of drug-likeness (QED) is 0.462. The highest BCUT2D eigenvalue weighted by Crippen LogP contribution is 2.31. The summed E-state index contributed by atoms with van der Waals surface area (Å²) in [5.74, 6) is 0. The van der Waals surface area contributed by atoms with Crippen LogP contribution in [0.3, 0.4) is 0 Å². The van der Waals surface area contributed by atoms with Crippen LogP contribution in [0.4, 0.5) is 0 Å². The minimum absolute atomic E-state index is 0.0475. The van der Waals surface area contributed by atoms with E-state index in [1.54, 1.807) is 6.07 Å². The maximum atomic E-state index is 6.26. The number of hydrogen-bond acceptors (Lipinski definition) is 0. The van der Waals surface area contributed by atoms with Crippen LogP contribution in [0, 0.1) is 0 Å². The summed E-state index contributed by atoms with van der Waals surface area (Å²) in [4.78, 5) is 0. The predicted molar refractivity (Wildman–Crippen MR) is 69.2 cm³/mol. The monoisotopic (exact) mass is 264 g/mol. The van der Waals surface area contributed by atoms with E-state index in [9.17, 15) is 0 Å². The number of benzene rings is 1. The van der Waals surface area contributed by atoms with Crippen LogP contribution in [0.15, 0.2) is 18.2 Å². The van der Waals surface area contributed by atoms with E-state index in [-0.39, 0.29) is 5.38 Å². The molecule has 3 heteroatoms. The zero-order valence-electron chi connectivity index (χ0n) is 8.77. The smallest absolute Gasteiger partial charge is 0.0595 e. The fraction of sp³-hybridized carbons (Fsp3) is 0.500. The highest BCUT2D eigenvalue weighted by atomic mass is 35.5. The first-order valence-corrected chi connectivity index (χ1v) is 6.43. The lowest BCUT2D eigenvalue weighted by molar-refractivity contribution is 0.655. The van der Waals surface area contributed by atoms with Crippen LogP contribution >= 0.6 is 34.8 Å². The van der Waals surface area contributed by atoms with Crippen molar-refractivity contribution in [3.63, 3.8) is 0 Å². The van der Waals surface area contributed by atoms with Crippen molar-refractivity contribution in [1.82, 2.24) is 0 Å². The number of hydrogen-bond donors (Lipinski definition) is 0. The van der Waals surface area contributed by atoms with Gasteiger partial charge in [-0.3, -0.25) is 0 Å². The Morgan fingerprint density at radius 1 is 1.13 bits per heavy atom. The van der Waals surface area contributed by atoms with Crippen LogP contribution in [0.25, 0.3) is 0 Å². The first-order chi connectivity index (χ1) is 7.15. The lowest BCUT2D eigenvalue weighted by Gasteiger charge is -2.10. The Balaban J connectivity index is 2.57. The summed E-state index contributed by atoms with van der Waals surface area (Å²) in [6.45, 7) is 2.18. The van der Waals surface area contributed by atoms with Crippen LogP contribution in [0.1, 0.15) is 43.5 Å². The molecule has 0 saturated heterocycles. The average Bonchev–Trinajstić information content (AvgIpc) is 2.22. The molecule has 1 aromatic rings. The van der Waals surface area contributed by atoms with Gasteiger partial charge in [-0.1, -0.05) is 55.5 Å². The van der Waals surface area contributed by atoms with Gasteiger partial charge in [0.2, 0.25) is 0 Å². The lowest BCUT2D eigenvalue weighted by atomic mass is 10.1. The summed E-state index contributed by atoms with van der Waals surface area (Å²) in [7, 11) is 0. The van der Waals surface area contributed by atoms with Crippen molar-refractivity contribution in [3.8, 4) is 0 Å². The Hall–Kier alpha value is 0.0900. The molecule has 0 N–H and O–H groups in total. The van der Waals surface area contributed by atoms with Crippen LogP contribution < -0.4 is 0 Å². The number of halogens is 3. The van der Waals surface area contributed by atoms with Crippen molar-refractivity contribution in [2.45, 2.75) is 38.0 Å². The van der Waals surface area contributed by atoms with E-state index in [1.807, 2.05) is 12.1 Å². The molecular weight excluding hydrogens is 250 g/mol. The number of alkyl halides is 1. The Kier molecular flexibility index (Phi) is 5.81. The van der Waals surface area contributed by atoms with Gasteiger partial charge in [0.1, 0.15) is 0 Å². The molecule has 1 rings (SSSR count). The molecule has 1 unspecified atom stereocenters. The third-order valence-electron chi connectivity index (χ3n) is 2.37. The van der Waals surface area contributed by atoms with Crippen LogP contribution in [-0.4, -0.2) is 0 Å². The molecule has 0 amide bonds. The van der Waals surface area contributed by atoms with Gasteiger partial charge in [-0.05, 0) is 24.1 Å². The van der Waals surface area contributed by atoms with Gasteiger partial charge >= 0.3 is 0 Å². The predicted octanol–water partition coefficient (Wildman–Crippen LogP) is 5.85. The molecule has 0 nitrogen and oxygen atoms in total. The molecule has 1 aromatic carbocycles. The largest absolute Gasteiger partial charge is 0.118 e. The van der Waals surface area contributed by atoms with Gasteiger partial charge in [0.05, 0.1) is 15.4 Å². The average molecular weight is 266 g/mol. The van der Waals surface area contributed by atoms with Gasteiger partial charge in [-0.15, -0.1) is 11.6 Å². The zero-order valence-corrected chi connectivity index (χ0v) is 11.0. The summed E-state index contributed by atoms with van der Waals surface area (Å²) < 4.78 is 0. The molecule has 0 aliphatic rings. The number of unbranched alkanes of at least 4 members (excludes halogenated alkanes) is 2. The van der Waals surface area contributed by atoms with Crippen LogP contribution in [0.5, 0.6) is 0 Å². The Labute approximate surface area is 107 Å². The third-order valence-corrected chi connectivity index (χ3v) is 3.58. The second-order valence-corrected chi connectivity index (χ2v) is 4.98. The minimum atomic E-state index is 0.0475. The van der Waals surface area contributed by atoms with E-state index in [0.717, 1.165) is 18.4 Å². The van der Waals surface area contributed by atoms with Crippen molar-refractivity contribution >= 4 is 34.8 Å². The SMILES string of the molecule is CCCCCC(Cl)c1ccc(Cl)c(Cl)c1. The summed E-state index contributed by atoms with van der Waals surface area (Å²) >= 11 is 18.0. The fourth-order valence-electron chi connectivity index (χ4n) is 1.45. The minimum Gasteiger partial charge on any atom is -0.118 e. The molecule has 0 radical (unpaired) electrons. The van der Waals surface area contributed by atoms with E-state index in [1.165, 1.54) is 12.8 Å². The highest BCUT2D eigenvalue weighted by Gasteiger charge is 2.09. The molecule has 0 fully saturated rings. The van der Waals surface area contributed by atoms with Gasteiger partial charge in [0.15, 0.2) is 0 Å². The van der Waals surface area contributed by atoms with Crippen LogP contribution in [0.2, 0.25) is 10.0 Å². The van der Waals surface area contributed by atoms with E-state index in [0.29, 0.717) is 10.0 Å². The van der Waals surface area contributed by atoms with E-state index in [2.05, 4.69) is 6.92 Å². The molecule has 0 aliphatic carbocycles. The van der Waals surface area contributed by atoms with Gasteiger partial charge in [-0.25, -0.2) is 0 Å². The first-order valence-electron chi connectivity index (χ1n) is 5.24. The molecule has 1 atom stereocenters. The van der Waals surface area contributed by atoms with Crippen molar-refractivity contribution in [1.29, 1.82) is 0 Å². The van der Waals surface area contributed by atoms with Crippen molar-refractivity contribution < 1.29 is 0 Å². The molecule has 84 valence electrons. The summed E-state index contributed by atoms with van der Waals surface area (Å²) in [5, 5.41) is 1.21. The summed E-state index contributed by atoms with van der Waals surface area (Å²) in [6, 6.07) is 5.60. The first kappa shape index (κ1) is 13.2. The number of rotatable bonds is 5. The highest BCUT2D eigenvalue weighted by molar-refractivity contribution is 6.42. The maximum absolute atomic E-state index is 6.26. The van der Waals surface area contributed by atoms with Crippen molar-refractivity contribution in [2.75, 3.05) is 0 Å². The Morgan fingerprint density at radius 2 is 1.87 bits per heavy atom. The zero-order chi connectivity index (χ0) is 11.3. The van der Waals surface area contributed by atoms with Gasteiger partial charge in [-0.2, -0.15) is 0 Å². The summed E-state index contributed by atoms with van der Waals surface area (Å²) in [5.41, 5.74) is 1.06. The fourth-order valence-corrected chi connectivity index (χ4v) is 2.04. The molecule has 0 spiro atoms. The normalized spacial score (nSPS) is 12.8. The maximum Gasteiger partial charge on any atom is 0.0595 e. The van der Waals surface area contributed by atoms with Crippen LogP contribution in [-0.2, 0) is 0 Å². The van der Waals surface area contributed by atoms with E-state index < -0.39 is 0 Å².